The van der Waals surface area contributed by atoms with E-state index >= 15 is 0 Å². The fourth-order valence-corrected chi connectivity index (χ4v) is 2.42. The van der Waals surface area contributed by atoms with Gasteiger partial charge in [0.1, 0.15) is 0 Å². The summed E-state index contributed by atoms with van der Waals surface area (Å²) in [6, 6.07) is 0. The molecule has 0 aliphatic rings. The molecule has 0 heterocycles. The summed E-state index contributed by atoms with van der Waals surface area (Å²) < 4.78 is 5.18. The van der Waals surface area contributed by atoms with Crippen LogP contribution in [0.5, 0.6) is 0 Å². The van der Waals surface area contributed by atoms with Gasteiger partial charge < -0.3 is 14.9 Å². The zero-order valence-electron chi connectivity index (χ0n) is 13.9. The normalized spacial score (nSPS) is 13.1. The average Bonchev–Trinajstić information content (AvgIpc) is 2.50. The van der Waals surface area contributed by atoms with E-state index in [9.17, 15) is 19.5 Å². The maximum atomic E-state index is 11.7. The predicted octanol–water partition coefficient (Wildman–Crippen LogP) is 3.54. The molecule has 2 N–H and O–H groups in total. The highest BCUT2D eigenvalue weighted by atomic mass is 16.6. The number of carbonyl (C=O) groups excluding carboxylic acids is 1. The second kappa shape index (κ2) is 11.7. The molecule has 6 nitrogen and oxygen atoms in total. The van der Waals surface area contributed by atoms with Crippen molar-refractivity contribution >= 4 is 17.9 Å². The zero-order valence-corrected chi connectivity index (χ0v) is 13.9. The van der Waals surface area contributed by atoms with Gasteiger partial charge in [-0.25, -0.2) is 9.59 Å². The SMILES string of the molecule is C=CC(=O)OC(CCCCCC)(CCCCCC(=O)O)C(=O)O. The van der Waals surface area contributed by atoms with E-state index in [2.05, 4.69) is 13.5 Å². The molecule has 1 unspecified atom stereocenters. The Morgan fingerprint density at radius 2 is 1.57 bits per heavy atom. The lowest BCUT2D eigenvalue weighted by Gasteiger charge is -2.29. The van der Waals surface area contributed by atoms with Crippen molar-refractivity contribution in [2.75, 3.05) is 0 Å². The standard InChI is InChI=1S/C17H28O6/c1-3-5-6-9-12-17(16(21)22,23-15(20)4-2)13-10-7-8-11-14(18)19/h4H,2-3,5-13H2,1H3,(H,18,19)(H,21,22). The molecule has 1 atom stereocenters. The Hall–Kier alpha value is -1.85. The van der Waals surface area contributed by atoms with Crippen LogP contribution < -0.4 is 0 Å². The molecule has 23 heavy (non-hydrogen) atoms. The molecule has 0 amide bonds. The van der Waals surface area contributed by atoms with Crippen LogP contribution in [0, 0.1) is 0 Å². The summed E-state index contributed by atoms with van der Waals surface area (Å²) in [7, 11) is 0. The van der Waals surface area contributed by atoms with Crippen LogP contribution in [-0.4, -0.2) is 33.7 Å². The number of carboxylic acids is 2. The van der Waals surface area contributed by atoms with Gasteiger partial charge in [-0.2, -0.15) is 0 Å². The van der Waals surface area contributed by atoms with E-state index in [0.717, 1.165) is 25.3 Å². The molecule has 0 saturated heterocycles. The monoisotopic (exact) mass is 328 g/mol. The Kier molecular flexibility index (Phi) is 10.7. The number of unbranched alkanes of at least 4 members (excludes halogenated alkanes) is 5. The van der Waals surface area contributed by atoms with E-state index in [1.165, 1.54) is 0 Å². The van der Waals surface area contributed by atoms with Crippen LogP contribution in [0.2, 0.25) is 0 Å². The summed E-state index contributed by atoms with van der Waals surface area (Å²) in [5.74, 6) is -2.76. The molecular formula is C17H28O6. The lowest BCUT2D eigenvalue weighted by Crippen LogP contribution is -2.43. The van der Waals surface area contributed by atoms with E-state index < -0.39 is 23.5 Å². The van der Waals surface area contributed by atoms with Gasteiger partial charge in [0.2, 0.25) is 5.60 Å². The molecule has 0 aliphatic carbocycles. The number of carboxylic acid groups (broad SMARTS) is 2. The van der Waals surface area contributed by atoms with Gasteiger partial charge in [0.25, 0.3) is 0 Å². The summed E-state index contributed by atoms with van der Waals surface area (Å²) in [6.45, 7) is 5.37. The molecule has 0 spiro atoms. The van der Waals surface area contributed by atoms with Crippen molar-refractivity contribution in [3.8, 4) is 0 Å². The zero-order chi connectivity index (χ0) is 17.7. The average molecular weight is 328 g/mol. The van der Waals surface area contributed by atoms with Gasteiger partial charge in [-0.15, -0.1) is 0 Å². The third-order valence-corrected chi connectivity index (χ3v) is 3.76. The first kappa shape index (κ1) is 21.1. The summed E-state index contributed by atoms with van der Waals surface area (Å²) in [6.07, 6.45) is 6.63. The minimum absolute atomic E-state index is 0.0585. The molecule has 6 heteroatoms. The first-order valence-corrected chi connectivity index (χ1v) is 8.18. The summed E-state index contributed by atoms with van der Waals surface area (Å²) in [5.41, 5.74) is -1.54. The Labute approximate surface area is 137 Å². The highest BCUT2D eigenvalue weighted by molar-refractivity contribution is 5.86. The Balaban J connectivity index is 4.71. The molecule has 0 bridgehead atoms. The second-order valence-corrected chi connectivity index (χ2v) is 5.69. The number of carbonyl (C=O) groups is 3. The maximum absolute atomic E-state index is 11.7. The van der Waals surface area contributed by atoms with Crippen molar-refractivity contribution in [3.05, 3.63) is 12.7 Å². The number of esters is 1. The molecule has 0 aromatic carbocycles. The fraction of sp³-hybridized carbons (Fsp3) is 0.706. The molecule has 0 aliphatic heterocycles. The largest absolute Gasteiger partial charge is 0.481 e. The molecular weight excluding hydrogens is 300 g/mol. The van der Waals surface area contributed by atoms with Gasteiger partial charge in [0.05, 0.1) is 0 Å². The van der Waals surface area contributed by atoms with E-state index in [4.69, 9.17) is 9.84 Å². The molecule has 0 saturated carbocycles. The van der Waals surface area contributed by atoms with E-state index in [1.54, 1.807) is 0 Å². The number of hydrogen-bond acceptors (Lipinski definition) is 4. The maximum Gasteiger partial charge on any atom is 0.348 e. The summed E-state index contributed by atoms with van der Waals surface area (Å²) in [5, 5.41) is 18.2. The molecule has 132 valence electrons. The molecule has 0 aromatic rings. The van der Waals surface area contributed by atoms with Gasteiger partial charge in [-0.1, -0.05) is 39.2 Å². The van der Waals surface area contributed by atoms with E-state index in [1.807, 2.05) is 0 Å². The smallest absolute Gasteiger partial charge is 0.348 e. The summed E-state index contributed by atoms with van der Waals surface area (Å²) in [4.78, 5) is 33.7. The van der Waals surface area contributed by atoms with Crippen molar-refractivity contribution in [2.45, 2.75) is 76.7 Å². The first-order valence-electron chi connectivity index (χ1n) is 8.18. The second-order valence-electron chi connectivity index (χ2n) is 5.69. The molecule has 0 rings (SSSR count). The first-order chi connectivity index (χ1) is 10.9. The molecule has 0 fully saturated rings. The molecule has 0 radical (unpaired) electrons. The Bertz CT molecular complexity index is 404. The van der Waals surface area contributed by atoms with Crippen molar-refractivity contribution in [1.29, 1.82) is 0 Å². The number of rotatable bonds is 14. The predicted molar refractivity (Wildman–Crippen MR) is 86.1 cm³/mol. The van der Waals surface area contributed by atoms with Gasteiger partial charge >= 0.3 is 17.9 Å². The minimum atomic E-state index is -1.54. The molecule has 0 aromatic heterocycles. The van der Waals surface area contributed by atoms with E-state index in [0.29, 0.717) is 25.7 Å². The number of hydrogen-bond donors (Lipinski definition) is 2. The Morgan fingerprint density at radius 1 is 1.00 bits per heavy atom. The van der Waals surface area contributed by atoms with Crippen molar-refractivity contribution < 1.29 is 29.3 Å². The summed E-state index contributed by atoms with van der Waals surface area (Å²) >= 11 is 0. The van der Waals surface area contributed by atoms with Crippen LogP contribution in [0.15, 0.2) is 12.7 Å². The lowest BCUT2D eigenvalue weighted by atomic mass is 9.89. The van der Waals surface area contributed by atoms with Crippen LogP contribution in [0.4, 0.5) is 0 Å². The van der Waals surface area contributed by atoms with Crippen LogP contribution in [0.3, 0.4) is 0 Å². The lowest BCUT2D eigenvalue weighted by molar-refractivity contribution is -0.177. The minimum Gasteiger partial charge on any atom is -0.481 e. The third kappa shape index (κ3) is 9.01. The van der Waals surface area contributed by atoms with Crippen LogP contribution in [0.25, 0.3) is 0 Å². The van der Waals surface area contributed by atoms with E-state index in [-0.39, 0.29) is 19.3 Å². The fourth-order valence-electron chi connectivity index (χ4n) is 2.42. The quantitative estimate of drug-likeness (QED) is 0.287. The van der Waals surface area contributed by atoms with Crippen LogP contribution in [-0.2, 0) is 19.1 Å². The highest BCUT2D eigenvalue weighted by Crippen LogP contribution is 2.28. The highest BCUT2D eigenvalue weighted by Gasteiger charge is 2.41. The van der Waals surface area contributed by atoms with Crippen molar-refractivity contribution in [2.24, 2.45) is 0 Å². The van der Waals surface area contributed by atoms with Gasteiger partial charge in [-0.3, -0.25) is 4.79 Å². The van der Waals surface area contributed by atoms with Crippen LogP contribution in [0.1, 0.15) is 71.1 Å². The topological polar surface area (TPSA) is 101 Å². The van der Waals surface area contributed by atoms with Gasteiger partial charge in [0.15, 0.2) is 0 Å². The number of ether oxygens (including phenoxy) is 1. The van der Waals surface area contributed by atoms with Gasteiger partial charge in [-0.05, 0) is 32.1 Å². The number of aliphatic carboxylic acids is 2. The third-order valence-electron chi connectivity index (χ3n) is 3.76. The van der Waals surface area contributed by atoms with Crippen molar-refractivity contribution in [1.82, 2.24) is 0 Å². The Morgan fingerprint density at radius 3 is 2.00 bits per heavy atom. The van der Waals surface area contributed by atoms with Crippen LogP contribution >= 0.6 is 0 Å². The van der Waals surface area contributed by atoms with Crippen molar-refractivity contribution in [3.63, 3.8) is 0 Å². The van der Waals surface area contributed by atoms with Gasteiger partial charge in [0, 0.05) is 12.5 Å².